The van der Waals surface area contributed by atoms with Crippen molar-refractivity contribution in [1.29, 1.82) is 0 Å². The number of anilines is 1. The van der Waals surface area contributed by atoms with Gasteiger partial charge >= 0.3 is 0 Å². The van der Waals surface area contributed by atoms with Crippen molar-refractivity contribution < 1.29 is 9.59 Å². The highest BCUT2D eigenvalue weighted by atomic mass is 32.2. The Kier molecular flexibility index (Phi) is 8.49. The Labute approximate surface area is 206 Å². The zero-order valence-electron chi connectivity index (χ0n) is 19.8. The number of benzene rings is 2. The van der Waals surface area contributed by atoms with Crippen LogP contribution in [-0.4, -0.2) is 27.6 Å². The molecule has 1 N–H and O–H groups in total. The van der Waals surface area contributed by atoms with Crippen molar-refractivity contribution >= 4 is 51.9 Å². The van der Waals surface area contributed by atoms with Crippen molar-refractivity contribution in [1.82, 2.24) is 4.90 Å². The smallest absolute Gasteiger partial charge is 0.266 e. The van der Waals surface area contributed by atoms with Crippen LogP contribution in [0.3, 0.4) is 0 Å². The Bertz CT molecular complexity index is 1050. The molecule has 2 aromatic rings. The number of nitrogens with zero attached hydrogens (tertiary/aromatic N) is 1. The number of unbranched alkanes of at least 4 members (excludes halogenated alkanes) is 2. The summed E-state index contributed by atoms with van der Waals surface area (Å²) in [5.74, 6) is -0.00230. The van der Waals surface area contributed by atoms with E-state index in [2.05, 4.69) is 50.4 Å². The van der Waals surface area contributed by atoms with Gasteiger partial charge in [0.1, 0.15) is 4.32 Å². The van der Waals surface area contributed by atoms with E-state index < -0.39 is 0 Å². The molecule has 0 saturated carbocycles. The lowest BCUT2D eigenvalue weighted by atomic mass is 9.87. The van der Waals surface area contributed by atoms with Gasteiger partial charge in [0.2, 0.25) is 5.91 Å². The van der Waals surface area contributed by atoms with Crippen LogP contribution in [0.2, 0.25) is 0 Å². The highest BCUT2D eigenvalue weighted by Crippen LogP contribution is 2.33. The van der Waals surface area contributed by atoms with Crippen molar-refractivity contribution in [3.63, 3.8) is 0 Å². The first-order valence-electron chi connectivity index (χ1n) is 11.4. The maximum absolute atomic E-state index is 12.8. The number of carbonyl (C=O) groups excluding carboxylic acids is 2. The van der Waals surface area contributed by atoms with Gasteiger partial charge in [-0.3, -0.25) is 14.5 Å². The van der Waals surface area contributed by atoms with Crippen LogP contribution in [0.15, 0.2) is 53.4 Å². The van der Waals surface area contributed by atoms with Crippen LogP contribution in [-0.2, 0) is 15.0 Å². The van der Waals surface area contributed by atoms with Crippen LogP contribution in [0, 0.1) is 6.92 Å². The molecule has 1 aliphatic rings. The van der Waals surface area contributed by atoms with E-state index in [0.29, 0.717) is 22.2 Å². The molecule has 2 aromatic carbocycles. The Morgan fingerprint density at radius 1 is 1.06 bits per heavy atom. The van der Waals surface area contributed by atoms with Gasteiger partial charge in [-0.15, -0.1) is 0 Å². The third kappa shape index (κ3) is 7.02. The molecule has 174 valence electrons. The summed E-state index contributed by atoms with van der Waals surface area (Å²) in [4.78, 5) is 27.4. The summed E-state index contributed by atoms with van der Waals surface area (Å²) in [6.45, 7) is 9.12. The van der Waals surface area contributed by atoms with E-state index in [-0.39, 0.29) is 17.2 Å². The molecule has 0 bridgehead atoms. The summed E-state index contributed by atoms with van der Waals surface area (Å²) in [5, 5.41) is 2.96. The predicted octanol–water partition coefficient (Wildman–Crippen LogP) is 6.69. The van der Waals surface area contributed by atoms with Gasteiger partial charge in [0, 0.05) is 18.7 Å². The third-order valence-electron chi connectivity index (χ3n) is 5.65. The molecule has 4 nitrogen and oxygen atoms in total. The predicted molar refractivity (Wildman–Crippen MR) is 143 cm³/mol. The topological polar surface area (TPSA) is 49.4 Å². The van der Waals surface area contributed by atoms with Gasteiger partial charge in [-0.05, 0) is 54.0 Å². The van der Waals surface area contributed by atoms with Gasteiger partial charge in [-0.1, -0.05) is 93.6 Å². The maximum Gasteiger partial charge on any atom is 0.266 e. The number of nitrogens with one attached hydrogen (secondary N) is 1. The molecule has 0 aliphatic carbocycles. The molecule has 1 fully saturated rings. The Morgan fingerprint density at radius 3 is 2.42 bits per heavy atom. The van der Waals surface area contributed by atoms with E-state index in [1.54, 1.807) is 4.90 Å². The summed E-state index contributed by atoms with van der Waals surface area (Å²) in [5.41, 5.74) is 4.28. The molecule has 0 unspecified atom stereocenters. The lowest BCUT2D eigenvalue weighted by Crippen LogP contribution is -2.29. The zero-order chi connectivity index (χ0) is 24.0. The fourth-order valence-electron chi connectivity index (χ4n) is 3.58. The van der Waals surface area contributed by atoms with E-state index in [1.807, 2.05) is 37.3 Å². The fraction of sp³-hybridized carbons (Fsp3) is 0.370. The number of rotatable bonds is 8. The third-order valence-corrected chi connectivity index (χ3v) is 7.03. The van der Waals surface area contributed by atoms with E-state index in [1.165, 1.54) is 17.3 Å². The normalized spacial score (nSPS) is 15.4. The molecular formula is C27H32N2O2S2. The van der Waals surface area contributed by atoms with Crippen LogP contribution in [0.1, 0.15) is 63.1 Å². The standard InChI is InChI=1S/C27H32N2O2S2/c1-19-10-7-8-11-22(19)28-24(30)12-6-5-9-17-29-25(31)23(33-26(29)32)18-20-13-15-21(16-14-20)27(2,3)4/h7-8,10-11,13-16,18H,5-6,9,12,17H2,1-4H3,(H,28,30)/b23-18-. The number of thioether (sulfide) groups is 1. The second-order valence-electron chi connectivity index (χ2n) is 9.38. The van der Waals surface area contributed by atoms with Crippen LogP contribution in [0.25, 0.3) is 6.08 Å². The van der Waals surface area contributed by atoms with Crippen molar-refractivity contribution in [2.24, 2.45) is 0 Å². The van der Waals surface area contributed by atoms with Gasteiger partial charge in [0.25, 0.3) is 5.91 Å². The molecule has 0 atom stereocenters. The van der Waals surface area contributed by atoms with Gasteiger partial charge in [0.05, 0.1) is 4.91 Å². The second kappa shape index (κ2) is 11.1. The molecule has 1 heterocycles. The molecule has 3 rings (SSSR count). The van der Waals surface area contributed by atoms with Crippen LogP contribution in [0.5, 0.6) is 0 Å². The van der Waals surface area contributed by atoms with Gasteiger partial charge in [0.15, 0.2) is 0 Å². The first kappa shape index (κ1) is 25.2. The minimum absolute atomic E-state index is 0.0234. The van der Waals surface area contributed by atoms with Gasteiger partial charge in [-0.25, -0.2) is 0 Å². The highest BCUT2D eigenvalue weighted by Gasteiger charge is 2.31. The number of para-hydroxylation sites is 1. The average molecular weight is 481 g/mol. The maximum atomic E-state index is 12.8. The number of hydrogen-bond acceptors (Lipinski definition) is 4. The summed E-state index contributed by atoms with van der Waals surface area (Å²) in [7, 11) is 0. The number of hydrogen-bond donors (Lipinski definition) is 1. The largest absolute Gasteiger partial charge is 0.326 e. The van der Waals surface area contributed by atoms with Crippen molar-refractivity contribution in [3.8, 4) is 0 Å². The molecule has 33 heavy (non-hydrogen) atoms. The van der Waals surface area contributed by atoms with Crippen molar-refractivity contribution in [2.75, 3.05) is 11.9 Å². The molecule has 0 aromatic heterocycles. The van der Waals surface area contributed by atoms with Crippen LogP contribution in [0.4, 0.5) is 5.69 Å². The zero-order valence-corrected chi connectivity index (χ0v) is 21.4. The molecule has 1 aliphatic heterocycles. The lowest BCUT2D eigenvalue weighted by molar-refractivity contribution is -0.122. The number of aryl methyl sites for hydroxylation is 1. The molecule has 0 spiro atoms. The SMILES string of the molecule is Cc1ccccc1NC(=O)CCCCCN1C(=O)/C(=C/c2ccc(C(C)(C)C)cc2)SC1=S. The number of carbonyl (C=O) groups is 2. The Balaban J connectivity index is 1.45. The first-order chi connectivity index (χ1) is 15.6. The summed E-state index contributed by atoms with van der Waals surface area (Å²) in [6, 6.07) is 16.1. The summed E-state index contributed by atoms with van der Waals surface area (Å²) in [6.07, 6.45) is 4.85. The Morgan fingerprint density at radius 2 is 1.76 bits per heavy atom. The molecule has 2 amide bonds. The van der Waals surface area contributed by atoms with Gasteiger partial charge in [-0.2, -0.15) is 0 Å². The van der Waals surface area contributed by atoms with E-state index in [9.17, 15) is 9.59 Å². The van der Waals surface area contributed by atoms with Gasteiger partial charge < -0.3 is 5.32 Å². The highest BCUT2D eigenvalue weighted by molar-refractivity contribution is 8.26. The number of amides is 2. The second-order valence-corrected chi connectivity index (χ2v) is 11.1. The molecule has 0 radical (unpaired) electrons. The van der Waals surface area contributed by atoms with E-state index in [4.69, 9.17) is 12.2 Å². The van der Waals surface area contributed by atoms with Crippen molar-refractivity contribution in [3.05, 3.63) is 70.1 Å². The average Bonchev–Trinajstić information content (AvgIpc) is 3.02. The monoisotopic (exact) mass is 480 g/mol. The molecule has 1 saturated heterocycles. The first-order valence-corrected chi connectivity index (χ1v) is 12.6. The van der Waals surface area contributed by atoms with E-state index in [0.717, 1.165) is 36.1 Å². The van der Waals surface area contributed by atoms with E-state index >= 15 is 0 Å². The minimum atomic E-state index is -0.0257. The lowest BCUT2D eigenvalue weighted by Gasteiger charge is -2.18. The quantitative estimate of drug-likeness (QED) is 0.260. The van der Waals surface area contributed by atoms with Crippen molar-refractivity contribution in [2.45, 2.75) is 58.8 Å². The Hall–Kier alpha value is -2.44. The van der Waals surface area contributed by atoms with Crippen LogP contribution >= 0.6 is 24.0 Å². The minimum Gasteiger partial charge on any atom is -0.326 e. The number of thiocarbonyl (C=S) groups is 1. The summed E-state index contributed by atoms with van der Waals surface area (Å²) < 4.78 is 0.606. The van der Waals surface area contributed by atoms with Crippen LogP contribution < -0.4 is 5.32 Å². The molecular weight excluding hydrogens is 448 g/mol. The molecule has 6 heteroatoms. The fourth-order valence-corrected chi connectivity index (χ4v) is 4.89. The summed E-state index contributed by atoms with van der Waals surface area (Å²) >= 11 is 6.81.